The number of halogens is 1. The fraction of sp³-hybridized carbons (Fsp3) is 0.556. The molecule has 0 aliphatic carbocycles. The molecule has 0 radical (unpaired) electrons. The van der Waals surface area contributed by atoms with Gasteiger partial charge in [-0.3, -0.25) is 9.59 Å². The minimum atomic E-state index is -0.490. The van der Waals surface area contributed by atoms with Crippen molar-refractivity contribution in [2.45, 2.75) is 38.0 Å². The summed E-state index contributed by atoms with van der Waals surface area (Å²) in [6.07, 6.45) is 1.06. The third-order valence-electron chi connectivity index (χ3n) is 4.90. The molecule has 6 nitrogen and oxygen atoms in total. The van der Waals surface area contributed by atoms with Crippen molar-refractivity contribution in [3.63, 3.8) is 0 Å². The SMILES string of the molecule is O=C(CC1NCCN(Cc2ccccc2Cl)C1=O)N1CCC(O)CC1. The van der Waals surface area contributed by atoms with Gasteiger partial charge >= 0.3 is 0 Å². The first-order chi connectivity index (χ1) is 12.0. The van der Waals surface area contributed by atoms with Crippen LogP contribution in [0.5, 0.6) is 0 Å². The van der Waals surface area contributed by atoms with Crippen molar-refractivity contribution in [2.24, 2.45) is 0 Å². The fourth-order valence-electron chi connectivity index (χ4n) is 3.36. The highest BCUT2D eigenvalue weighted by Gasteiger charge is 2.32. The van der Waals surface area contributed by atoms with Gasteiger partial charge < -0.3 is 20.2 Å². The number of carbonyl (C=O) groups is 2. The monoisotopic (exact) mass is 365 g/mol. The van der Waals surface area contributed by atoms with Crippen LogP contribution in [0.25, 0.3) is 0 Å². The molecule has 0 bridgehead atoms. The average molecular weight is 366 g/mol. The van der Waals surface area contributed by atoms with E-state index in [2.05, 4.69) is 5.32 Å². The minimum absolute atomic E-state index is 0.0302. The molecule has 2 fully saturated rings. The number of aliphatic hydroxyl groups is 1. The van der Waals surface area contributed by atoms with Crippen LogP contribution < -0.4 is 5.32 Å². The zero-order valence-corrected chi connectivity index (χ0v) is 14.9. The quantitative estimate of drug-likeness (QED) is 0.835. The van der Waals surface area contributed by atoms with E-state index in [-0.39, 0.29) is 24.3 Å². The molecule has 2 saturated heterocycles. The maximum atomic E-state index is 12.7. The van der Waals surface area contributed by atoms with Gasteiger partial charge in [-0.15, -0.1) is 0 Å². The Kier molecular flexibility index (Phi) is 5.93. The van der Waals surface area contributed by atoms with E-state index in [9.17, 15) is 14.7 Å². The fourth-order valence-corrected chi connectivity index (χ4v) is 3.55. The lowest BCUT2D eigenvalue weighted by Crippen LogP contribution is -2.56. The number of benzene rings is 1. The molecule has 3 rings (SSSR count). The predicted molar refractivity (Wildman–Crippen MR) is 95.1 cm³/mol. The lowest BCUT2D eigenvalue weighted by atomic mass is 10.0. The molecule has 2 aliphatic heterocycles. The standard InChI is InChI=1S/C18H24ClN3O3/c19-15-4-2-1-3-13(15)12-22-10-7-20-16(18(22)25)11-17(24)21-8-5-14(23)6-9-21/h1-4,14,16,20,23H,5-12H2. The highest BCUT2D eigenvalue weighted by Crippen LogP contribution is 2.19. The molecule has 1 atom stereocenters. The number of hydrogen-bond acceptors (Lipinski definition) is 4. The Labute approximate surface area is 152 Å². The van der Waals surface area contributed by atoms with Crippen LogP contribution in [0, 0.1) is 0 Å². The number of carbonyl (C=O) groups excluding carboxylic acids is 2. The Balaban J connectivity index is 1.58. The molecule has 7 heteroatoms. The molecule has 25 heavy (non-hydrogen) atoms. The number of piperidine rings is 1. The highest BCUT2D eigenvalue weighted by atomic mass is 35.5. The Bertz CT molecular complexity index is 632. The Morgan fingerprint density at radius 2 is 1.96 bits per heavy atom. The van der Waals surface area contributed by atoms with E-state index in [0.29, 0.717) is 50.6 Å². The molecular weight excluding hydrogens is 342 g/mol. The molecule has 1 unspecified atom stereocenters. The summed E-state index contributed by atoms with van der Waals surface area (Å²) in [6, 6.07) is 7.00. The number of aliphatic hydroxyl groups excluding tert-OH is 1. The van der Waals surface area contributed by atoms with Gasteiger partial charge in [-0.2, -0.15) is 0 Å². The van der Waals surface area contributed by atoms with E-state index < -0.39 is 6.04 Å². The van der Waals surface area contributed by atoms with E-state index in [0.717, 1.165) is 5.56 Å². The first kappa shape index (κ1) is 18.2. The van der Waals surface area contributed by atoms with Crippen molar-refractivity contribution in [1.29, 1.82) is 0 Å². The van der Waals surface area contributed by atoms with Crippen molar-refractivity contribution in [1.82, 2.24) is 15.1 Å². The van der Waals surface area contributed by atoms with Gasteiger partial charge in [-0.25, -0.2) is 0 Å². The molecule has 0 aromatic heterocycles. The van der Waals surface area contributed by atoms with Crippen LogP contribution in [0.15, 0.2) is 24.3 Å². The Morgan fingerprint density at radius 3 is 2.68 bits per heavy atom. The summed E-state index contributed by atoms with van der Waals surface area (Å²) in [5, 5.41) is 13.4. The summed E-state index contributed by atoms with van der Waals surface area (Å²) in [4.78, 5) is 28.7. The normalized spacial score (nSPS) is 22.3. The number of hydrogen-bond donors (Lipinski definition) is 2. The van der Waals surface area contributed by atoms with E-state index in [1.807, 2.05) is 24.3 Å². The van der Waals surface area contributed by atoms with Crippen molar-refractivity contribution < 1.29 is 14.7 Å². The smallest absolute Gasteiger partial charge is 0.240 e. The molecule has 136 valence electrons. The van der Waals surface area contributed by atoms with Crippen LogP contribution in [0.4, 0.5) is 0 Å². The second-order valence-electron chi connectivity index (χ2n) is 6.67. The van der Waals surface area contributed by atoms with Gasteiger partial charge in [0.1, 0.15) is 0 Å². The van der Waals surface area contributed by atoms with Gasteiger partial charge in [0, 0.05) is 37.7 Å². The maximum absolute atomic E-state index is 12.7. The van der Waals surface area contributed by atoms with Gasteiger partial charge in [0.15, 0.2) is 0 Å². The highest BCUT2D eigenvalue weighted by molar-refractivity contribution is 6.31. The van der Waals surface area contributed by atoms with E-state index in [4.69, 9.17) is 11.6 Å². The van der Waals surface area contributed by atoms with Crippen LogP contribution in [-0.4, -0.2) is 65.0 Å². The third-order valence-corrected chi connectivity index (χ3v) is 5.27. The van der Waals surface area contributed by atoms with Gasteiger partial charge in [-0.05, 0) is 24.5 Å². The van der Waals surface area contributed by atoms with Crippen molar-refractivity contribution >= 4 is 23.4 Å². The van der Waals surface area contributed by atoms with Crippen LogP contribution in [0.3, 0.4) is 0 Å². The molecule has 1 aromatic rings. The first-order valence-electron chi connectivity index (χ1n) is 8.76. The van der Waals surface area contributed by atoms with Crippen LogP contribution in [0.1, 0.15) is 24.8 Å². The van der Waals surface area contributed by atoms with Crippen molar-refractivity contribution in [2.75, 3.05) is 26.2 Å². The number of rotatable bonds is 4. The second-order valence-corrected chi connectivity index (χ2v) is 7.08. The van der Waals surface area contributed by atoms with E-state index in [1.54, 1.807) is 9.80 Å². The van der Waals surface area contributed by atoms with E-state index in [1.165, 1.54) is 0 Å². The summed E-state index contributed by atoms with van der Waals surface area (Å²) in [7, 11) is 0. The van der Waals surface area contributed by atoms with Crippen LogP contribution >= 0.6 is 11.6 Å². The van der Waals surface area contributed by atoms with Crippen LogP contribution in [0.2, 0.25) is 5.02 Å². The van der Waals surface area contributed by atoms with Gasteiger partial charge in [-0.1, -0.05) is 29.8 Å². The summed E-state index contributed by atoms with van der Waals surface area (Å²) in [5.74, 6) is -0.0890. The molecule has 0 spiro atoms. The number of piperazine rings is 1. The summed E-state index contributed by atoms with van der Waals surface area (Å²) >= 11 is 6.19. The van der Waals surface area contributed by atoms with Gasteiger partial charge in [0.2, 0.25) is 11.8 Å². The molecule has 2 amide bonds. The molecule has 2 heterocycles. The lowest BCUT2D eigenvalue weighted by molar-refractivity contribution is -0.142. The molecule has 2 aliphatic rings. The van der Waals surface area contributed by atoms with Gasteiger partial charge in [0.05, 0.1) is 18.6 Å². The summed E-state index contributed by atoms with van der Waals surface area (Å²) in [5.41, 5.74) is 0.912. The predicted octanol–water partition coefficient (Wildman–Crippen LogP) is 1.01. The largest absolute Gasteiger partial charge is 0.393 e. The summed E-state index contributed by atoms with van der Waals surface area (Å²) < 4.78 is 0. The zero-order chi connectivity index (χ0) is 17.8. The number of nitrogens with one attached hydrogen (secondary N) is 1. The number of nitrogens with zero attached hydrogens (tertiary/aromatic N) is 2. The first-order valence-corrected chi connectivity index (χ1v) is 9.14. The Hall–Kier alpha value is -1.63. The maximum Gasteiger partial charge on any atom is 0.240 e. The second kappa shape index (κ2) is 8.17. The molecule has 0 saturated carbocycles. The molecule has 1 aromatic carbocycles. The van der Waals surface area contributed by atoms with Crippen LogP contribution in [-0.2, 0) is 16.1 Å². The number of amides is 2. The summed E-state index contributed by atoms with van der Waals surface area (Å²) in [6.45, 7) is 2.84. The van der Waals surface area contributed by atoms with Crippen molar-refractivity contribution in [3.8, 4) is 0 Å². The lowest BCUT2D eigenvalue weighted by Gasteiger charge is -2.35. The van der Waals surface area contributed by atoms with Gasteiger partial charge in [0.25, 0.3) is 0 Å². The van der Waals surface area contributed by atoms with Crippen molar-refractivity contribution in [3.05, 3.63) is 34.9 Å². The topological polar surface area (TPSA) is 72.9 Å². The number of likely N-dealkylation sites (tertiary alicyclic amines) is 1. The minimum Gasteiger partial charge on any atom is -0.393 e. The molecular formula is C18H24ClN3O3. The average Bonchev–Trinajstić information content (AvgIpc) is 2.61. The zero-order valence-electron chi connectivity index (χ0n) is 14.2. The third kappa shape index (κ3) is 4.51. The molecule has 2 N–H and O–H groups in total. The van der Waals surface area contributed by atoms with E-state index >= 15 is 0 Å². The Morgan fingerprint density at radius 1 is 1.24 bits per heavy atom.